The number of halogens is 3. The third-order valence-corrected chi connectivity index (χ3v) is 11.0. The molecule has 0 aliphatic heterocycles. The molecule has 46 heavy (non-hydrogen) atoms. The summed E-state index contributed by atoms with van der Waals surface area (Å²) in [6, 6.07) is 28.6. The minimum Gasteiger partial charge on any atom is -0.744 e. The highest BCUT2D eigenvalue weighted by molar-refractivity contribution is 7.97. The van der Waals surface area contributed by atoms with Crippen molar-refractivity contribution in [3.05, 3.63) is 114 Å². The minimum atomic E-state index is -5.69. The Hall–Kier alpha value is -3.32. The van der Waals surface area contributed by atoms with E-state index in [1.54, 1.807) is 12.1 Å². The van der Waals surface area contributed by atoms with Crippen LogP contribution in [0.5, 0.6) is 5.75 Å². The summed E-state index contributed by atoms with van der Waals surface area (Å²) in [5.41, 5.74) is -3.10. The first-order valence-electron chi connectivity index (χ1n) is 14.4. The van der Waals surface area contributed by atoms with Crippen molar-refractivity contribution < 1.29 is 38.7 Å². The standard InChI is InChI=1S/C19H14F3O3S2.C15H24O3S/c20-19(21,22)27(23,24)25-15-11-13-18(14-12-15)26(16-7-3-1-4-8-16)17-9-5-2-6-10-17;1-9(2)12-7-13(10(3)4)15(19(16,17)18)14(8-12)11(5)6/h1-14H;7-11H,1-6H3,(H,16,17,18)/q+1;/p-1. The molecule has 0 bridgehead atoms. The van der Waals surface area contributed by atoms with Crippen LogP contribution in [0.4, 0.5) is 13.2 Å². The molecule has 4 rings (SSSR count). The van der Waals surface area contributed by atoms with Gasteiger partial charge in [0, 0.05) is 0 Å². The number of benzene rings is 4. The van der Waals surface area contributed by atoms with Gasteiger partial charge in [-0.2, -0.15) is 21.6 Å². The van der Waals surface area contributed by atoms with Gasteiger partial charge in [0.1, 0.15) is 15.9 Å². The molecule has 0 saturated heterocycles. The maximum absolute atomic E-state index is 12.5. The van der Waals surface area contributed by atoms with Gasteiger partial charge in [-0.05, 0) is 83.0 Å². The van der Waals surface area contributed by atoms with Gasteiger partial charge < -0.3 is 8.74 Å². The fourth-order valence-corrected chi connectivity index (χ4v) is 8.21. The van der Waals surface area contributed by atoms with Crippen LogP contribution in [0.3, 0.4) is 0 Å². The second-order valence-corrected chi connectivity index (χ2v) is 16.2. The van der Waals surface area contributed by atoms with Crippen LogP contribution in [0.25, 0.3) is 0 Å². The van der Waals surface area contributed by atoms with Crippen LogP contribution < -0.4 is 4.18 Å². The molecular weight excluding hydrogens is 658 g/mol. The largest absolute Gasteiger partial charge is 0.744 e. The van der Waals surface area contributed by atoms with E-state index < -0.39 is 36.6 Å². The molecule has 248 valence electrons. The van der Waals surface area contributed by atoms with Crippen molar-refractivity contribution >= 4 is 31.1 Å². The summed E-state index contributed by atoms with van der Waals surface area (Å²) < 4.78 is 98.6. The molecule has 0 amide bonds. The van der Waals surface area contributed by atoms with E-state index in [-0.39, 0.29) is 22.5 Å². The average Bonchev–Trinajstić information content (AvgIpc) is 2.97. The summed E-state index contributed by atoms with van der Waals surface area (Å²) in [5, 5.41) is 0. The minimum absolute atomic E-state index is 0.00919. The van der Waals surface area contributed by atoms with E-state index in [9.17, 15) is 34.6 Å². The summed E-state index contributed by atoms with van der Waals surface area (Å²) in [4.78, 5) is 2.87. The molecule has 0 heterocycles. The fourth-order valence-electron chi connectivity index (χ4n) is 4.50. The summed E-state index contributed by atoms with van der Waals surface area (Å²) in [6.07, 6.45) is 0. The summed E-state index contributed by atoms with van der Waals surface area (Å²) >= 11 is 0. The zero-order valence-corrected chi connectivity index (χ0v) is 28.7. The zero-order chi connectivity index (χ0) is 34.4. The maximum Gasteiger partial charge on any atom is 0.534 e. The Morgan fingerprint density at radius 1 is 0.630 bits per heavy atom. The van der Waals surface area contributed by atoms with Crippen LogP contribution in [-0.4, -0.2) is 26.9 Å². The van der Waals surface area contributed by atoms with Crippen LogP contribution >= 0.6 is 0 Å². The topological polar surface area (TPSA) is 101 Å². The number of hydrogen-bond donors (Lipinski definition) is 0. The van der Waals surface area contributed by atoms with Crippen LogP contribution in [0, 0.1) is 0 Å². The molecule has 0 radical (unpaired) electrons. The van der Waals surface area contributed by atoms with Gasteiger partial charge in [-0.25, -0.2) is 8.42 Å². The third kappa shape index (κ3) is 9.37. The molecule has 0 atom stereocenters. The molecule has 0 spiro atoms. The normalized spacial score (nSPS) is 12.4. The fraction of sp³-hybridized carbons (Fsp3) is 0.294. The molecule has 0 N–H and O–H groups in total. The molecule has 6 nitrogen and oxygen atoms in total. The zero-order valence-electron chi connectivity index (χ0n) is 26.3. The summed E-state index contributed by atoms with van der Waals surface area (Å²) in [6.45, 7) is 11.8. The van der Waals surface area contributed by atoms with E-state index in [1.807, 2.05) is 100 Å². The Kier molecular flexibility index (Phi) is 12.2. The lowest BCUT2D eigenvalue weighted by Crippen LogP contribution is -2.28. The van der Waals surface area contributed by atoms with Gasteiger partial charge in [-0.3, -0.25) is 0 Å². The Balaban J connectivity index is 0.000000268. The number of rotatable bonds is 9. The second kappa shape index (κ2) is 15.1. The van der Waals surface area contributed by atoms with E-state index in [2.05, 4.69) is 18.0 Å². The second-order valence-electron chi connectivity index (χ2n) is 11.3. The smallest absolute Gasteiger partial charge is 0.534 e. The van der Waals surface area contributed by atoms with Gasteiger partial charge in [-0.1, -0.05) is 90.1 Å². The van der Waals surface area contributed by atoms with Gasteiger partial charge in [0.2, 0.25) is 0 Å². The summed E-state index contributed by atoms with van der Waals surface area (Å²) in [7, 11) is -10.6. The lowest BCUT2D eigenvalue weighted by molar-refractivity contribution is -0.0500. The third-order valence-electron chi connectivity index (χ3n) is 6.84. The molecule has 0 aliphatic carbocycles. The molecule has 0 fully saturated rings. The molecule has 0 aromatic heterocycles. The van der Waals surface area contributed by atoms with Crippen molar-refractivity contribution in [3.8, 4) is 5.75 Å². The predicted molar refractivity (Wildman–Crippen MR) is 174 cm³/mol. The highest BCUT2D eigenvalue weighted by atomic mass is 32.2. The van der Waals surface area contributed by atoms with Crippen molar-refractivity contribution in [2.24, 2.45) is 0 Å². The molecule has 0 saturated carbocycles. The lowest BCUT2D eigenvalue weighted by Gasteiger charge is -2.24. The summed E-state index contributed by atoms with van der Waals surface area (Å²) in [5.74, 6) is -0.0657. The van der Waals surface area contributed by atoms with E-state index in [1.165, 1.54) is 12.1 Å². The van der Waals surface area contributed by atoms with Crippen molar-refractivity contribution in [2.45, 2.75) is 84.4 Å². The van der Waals surface area contributed by atoms with Gasteiger partial charge in [0.25, 0.3) is 0 Å². The van der Waals surface area contributed by atoms with Crippen molar-refractivity contribution in [1.29, 1.82) is 0 Å². The molecule has 4 aromatic carbocycles. The monoisotopic (exact) mass is 694 g/mol. The Morgan fingerprint density at radius 2 is 1.02 bits per heavy atom. The van der Waals surface area contributed by atoms with Crippen molar-refractivity contribution in [2.75, 3.05) is 0 Å². The maximum atomic E-state index is 12.5. The van der Waals surface area contributed by atoms with Crippen LogP contribution in [0.15, 0.2) is 117 Å². The SMILES string of the molecule is CC(C)c1cc(C(C)C)c(S(=O)(=O)[O-])c(C(C)C)c1.O=S(=O)(Oc1ccc([S+](c2ccccc2)c2ccccc2)cc1)C(F)(F)F. The lowest BCUT2D eigenvalue weighted by atomic mass is 9.89. The highest BCUT2D eigenvalue weighted by Crippen LogP contribution is 2.35. The van der Waals surface area contributed by atoms with Gasteiger partial charge in [0.05, 0.1) is 15.8 Å². The van der Waals surface area contributed by atoms with Crippen LogP contribution in [0.1, 0.15) is 76.0 Å². The Labute approximate surface area is 272 Å². The molecule has 12 heteroatoms. The molecule has 0 aliphatic rings. The van der Waals surface area contributed by atoms with Gasteiger partial charge in [0.15, 0.2) is 14.7 Å². The highest BCUT2D eigenvalue weighted by Gasteiger charge is 2.48. The number of alkyl halides is 3. The Morgan fingerprint density at radius 3 is 1.35 bits per heavy atom. The van der Waals surface area contributed by atoms with Gasteiger partial charge >= 0.3 is 15.6 Å². The Bertz CT molecular complexity index is 1740. The van der Waals surface area contributed by atoms with E-state index in [0.29, 0.717) is 17.0 Å². The first-order chi connectivity index (χ1) is 21.3. The van der Waals surface area contributed by atoms with E-state index in [0.717, 1.165) is 20.2 Å². The van der Waals surface area contributed by atoms with Crippen LogP contribution in [0.2, 0.25) is 0 Å². The first kappa shape index (κ1) is 37.1. The molecular formula is C34H37F3O6S3. The number of hydrogen-bond acceptors (Lipinski definition) is 6. The van der Waals surface area contributed by atoms with Crippen molar-refractivity contribution in [3.63, 3.8) is 0 Å². The first-order valence-corrected chi connectivity index (χ1v) is 18.5. The van der Waals surface area contributed by atoms with E-state index in [4.69, 9.17) is 0 Å². The van der Waals surface area contributed by atoms with Gasteiger partial charge in [-0.15, -0.1) is 0 Å². The average molecular weight is 695 g/mol. The van der Waals surface area contributed by atoms with E-state index >= 15 is 0 Å². The predicted octanol–water partition coefficient (Wildman–Crippen LogP) is 8.97. The molecule has 4 aromatic rings. The quantitative estimate of drug-likeness (QED) is 0.0751. The van der Waals surface area contributed by atoms with Crippen molar-refractivity contribution in [1.82, 2.24) is 0 Å². The van der Waals surface area contributed by atoms with Crippen LogP contribution in [-0.2, 0) is 31.1 Å². The molecule has 0 unspecified atom stereocenters.